The SMILES string of the molecule is CC(C)([B]Cc1ccc(F)cc1)c1ccccc1. The van der Waals surface area contributed by atoms with E-state index in [1.807, 2.05) is 18.2 Å². The summed E-state index contributed by atoms with van der Waals surface area (Å²) < 4.78 is 12.8. The third-order valence-corrected chi connectivity index (χ3v) is 3.28. The minimum Gasteiger partial charge on any atom is -0.207 e. The Kier molecular flexibility index (Phi) is 3.85. The summed E-state index contributed by atoms with van der Waals surface area (Å²) in [6, 6.07) is 17.1. The molecule has 1 radical (unpaired) electrons. The summed E-state index contributed by atoms with van der Waals surface area (Å²) in [6.07, 6.45) is 0.849. The van der Waals surface area contributed by atoms with Gasteiger partial charge in [-0.3, -0.25) is 0 Å². The van der Waals surface area contributed by atoms with Gasteiger partial charge in [0.15, 0.2) is 0 Å². The molecule has 0 saturated carbocycles. The van der Waals surface area contributed by atoms with Gasteiger partial charge >= 0.3 is 0 Å². The lowest BCUT2D eigenvalue weighted by Gasteiger charge is -2.24. The molecule has 0 aliphatic rings. The first kappa shape index (κ1) is 12.9. The van der Waals surface area contributed by atoms with Crippen LogP contribution in [0, 0.1) is 5.82 Å². The van der Waals surface area contributed by atoms with Gasteiger partial charge in [0.2, 0.25) is 0 Å². The van der Waals surface area contributed by atoms with Gasteiger partial charge in [0.05, 0.1) is 0 Å². The highest BCUT2D eigenvalue weighted by molar-refractivity contribution is 6.39. The highest BCUT2D eigenvalue weighted by Crippen LogP contribution is 2.22. The number of benzene rings is 2. The van der Waals surface area contributed by atoms with E-state index in [-0.39, 0.29) is 11.1 Å². The van der Waals surface area contributed by atoms with Gasteiger partial charge in [-0.25, -0.2) is 4.39 Å². The highest BCUT2D eigenvalue weighted by Gasteiger charge is 2.20. The summed E-state index contributed by atoms with van der Waals surface area (Å²) in [5.41, 5.74) is 2.44. The Morgan fingerprint density at radius 3 is 2.17 bits per heavy atom. The Morgan fingerprint density at radius 2 is 1.56 bits per heavy atom. The molecule has 0 aliphatic carbocycles. The van der Waals surface area contributed by atoms with Gasteiger partial charge in [-0.1, -0.05) is 73.8 Å². The second-order valence-electron chi connectivity index (χ2n) is 5.12. The minimum atomic E-state index is -0.180. The van der Waals surface area contributed by atoms with Crippen molar-refractivity contribution in [1.82, 2.24) is 0 Å². The molecule has 0 amide bonds. The lowest BCUT2D eigenvalue weighted by Crippen LogP contribution is -2.27. The van der Waals surface area contributed by atoms with Gasteiger partial charge in [0.1, 0.15) is 13.1 Å². The molecule has 0 fully saturated rings. The summed E-state index contributed by atoms with van der Waals surface area (Å²) in [5.74, 6) is -0.180. The van der Waals surface area contributed by atoms with E-state index in [1.165, 1.54) is 17.7 Å². The van der Waals surface area contributed by atoms with Crippen molar-refractivity contribution in [2.24, 2.45) is 0 Å². The summed E-state index contributed by atoms with van der Waals surface area (Å²) in [6.45, 7) is 4.40. The van der Waals surface area contributed by atoms with Crippen molar-refractivity contribution in [2.45, 2.75) is 25.5 Å². The van der Waals surface area contributed by atoms with Gasteiger partial charge in [0.25, 0.3) is 0 Å². The molecule has 2 aromatic carbocycles. The minimum absolute atomic E-state index is 0.0235. The van der Waals surface area contributed by atoms with Crippen LogP contribution in [-0.4, -0.2) is 7.28 Å². The lowest BCUT2D eigenvalue weighted by atomic mass is 9.49. The first-order valence-electron chi connectivity index (χ1n) is 6.22. The van der Waals surface area contributed by atoms with Crippen LogP contribution in [0.2, 0.25) is 0 Å². The van der Waals surface area contributed by atoms with E-state index in [9.17, 15) is 4.39 Å². The van der Waals surface area contributed by atoms with Crippen LogP contribution < -0.4 is 0 Å². The van der Waals surface area contributed by atoms with Crippen LogP contribution in [0.5, 0.6) is 0 Å². The van der Waals surface area contributed by atoms with Crippen LogP contribution >= 0.6 is 0 Å². The Balaban J connectivity index is 2.03. The van der Waals surface area contributed by atoms with Gasteiger partial charge in [-0.15, -0.1) is 0 Å². The van der Waals surface area contributed by atoms with E-state index in [2.05, 4.69) is 45.4 Å². The van der Waals surface area contributed by atoms with Gasteiger partial charge in [-0.2, -0.15) is 0 Å². The van der Waals surface area contributed by atoms with Crippen molar-refractivity contribution in [3.05, 3.63) is 71.5 Å². The molecular weight excluding hydrogens is 222 g/mol. The fourth-order valence-electron chi connectivity index (χ4n) is 1.98. The molecule has 0 saturated heterocycles. The van der Waals surface area contributed by atoms with Crippen molar-refractivity contribution in [3.8, 4) is 0 Å². The maximum atomic E-state index is 12.8. The number of halogens is 1. The van der Waals surface area contributed by atoms with Crippen LogP contribution in [0.4, 0.5) is 4.39 Å². The van der Waals surface area contributed by atoms with Crippen molar-refractivity contribution in [1.29, 1.82) is 0 Å². The number of hydrogen-bond donors (Lipinski definition) is 0. The van der Waals surface area contributed by atoms with Crippen molar-refractivity contribution in [2.75, 3.05) is 0 Å². The fraction of sp³-hybridized carbons (Fsp3) is 0.250. The van der Waals surface area contributed by atoms with Crippen LogP contribution in [-0.2, 0) is 11.6 Å². The molecule has 0 nitrogen and oxygen atoms in total. The summed E-state index contributed by atoms with van der Waals surface area (Å²) in [7, 11) is 2.27. The highest BCUT2D eigenvalue weighted by atomic mass is 19.1. The van der Waals surface area contributed by atoms with Crippen LogP contribution in [0.3, 0.4) is 0 Å². The predicted molar refractivity (Wildman–Crippen MR) is 75.3 cm³/mol. The van der Waals surface area contributed by atoms with Crippen molar-refractivity contribution < 1.29 is 4.39 Å². The molecule has 18 heavy (non-hydrogen) atoms. The molecule has 0 atom stereocenters. The second-order valence-corrected chi connectivity index (χ2v) is 5.12. The third-order valence-electron chi connectivity index (χ3n) is 3.28. The zero-order valence-electron chi connectivity index (χ0n) is 10.9. The first-order chi connectivity index (χ1) is 8.58. The standard InChI is InChI=1S/C16H17BF/c1-16(2,14-6-4-3-5-7-14)17-12-13-8-10-15(18)11-9-13/h3-11H,12H2,1-2H3. The average molecular weight is 239 g/mol. The largest absolute Gasteiger partial charge is 0.207 e. The maximum absolute atomic E-state index is 12.8. The van der Waals surface area contributed by atoms with Crippen molar-refractivity contribution in [3.63, 3.8) is 0 Å². The molecule has 2 heteroatoms. The van der Waals surface area contributed by atoms with E-state index in [1.54, 1.807) is 0 Å². The smallest absolute Gasteiger partial charge is 0.128 e. The van der Waals surface area contributed by atoms with Crippen molar-refractivity contribution >= 4 is 7.28 Å². The maximum Gasteiger partial charge on any atom is 0.128 e. The Labute approximate surface area is 109 Å². The van der Waals surface area contributed by atoms with E-state index >= 15 is 0 Å². The third kappa shape index (κ3) is 3.22. The summed E-state index contributed by atoms with van der Waals surface area (Å²) >= 11 is 0. The predicted octanol–water partition coefficient (Wildman–Crippen LogP) is 3.97. The number of hydrogen-bond acceptors (Lipinski definition) is 0. The van der Waals surface area contributed by atoms with E-state index in [0.29, 0.717) is 0 Å². The van der Waals surface area contributed by atoms with Gasteiger partial charge in [-0.05, 0) is 17.4 Å². The summed E-state index contributed by atoms with van der Waals surface area (Å²) in [4.78, 5) is 0. The Bertz CT molecular complexity index is 488. The fourth-order valence-corrected chi connectivity index (χ4v) is 1.98. The quantitative estimate of drug-likeness (QED) is 0.708. The molecule has 0 unspecified atom stereocenters. The van der Waals surface area contributed by atoms with E-state index in [4.69, 9.17) is 0 Å². The van der Waals surface area contributed by atoms with Crippen LogP contribution in [0.25, 0.3) is 0 Å². The Morgan fingerprint density at radius 1 is 0.944 bits per heavy atom. The second kappa shape index (κ2) is 5.39. The molecule has 91 valence electrons. The zero-order valence-corrected chi connectivity index (χ0v) is 10.9. The molecule has 0 bridgehead atoms. The number of rotatable bonds is 4. The molecular formula is C16H17BF. The molecule has 2 rings (SSSR count). The summed E-state index contributed by atoms with van der Waals surface area (Å²) in [5, 5.41) is 0.0235. The van der Waals surface area contributed by atoms with Crippen LogP contribution in [0.15, 0.2) is 54.6 Å². The van der Waals surface area contributed by atoms with E-state index in [0.717, 1.165) is 11.9 Å². The topological polar surface area (TPSA) is 0 Å². The Hall–Kier alpha value is -1.57. The normalized spacial score (nSPS) is 11.3. The molecule has 0 aliphatic heterocycles. The molecule has 0 aromatic heterocycles. The zero-order chi connectivity index (χ0) is 13.0. The first-order valence-corrected chi connectivity index (χ1v) is 6.22. The van der Waals surface area contributed by atoms with Gasteiger partial charge in [0, 0.05) is 0 Å². The lowest BCUT2D eigenvalue weighted by molar-refractivity contribution is 0.627. The van der Waals surface area contributed by atoms with Crippen LogP contribution in [0.1, 0.15) is 25.0 Å². The monoisotopic (exact) mass is 239 g/mol. The molecule has 2 aromatic rings. The van der Waals surface area contributed by atoms with E-state index < -0.39 is 0 Å². The molecule has 0 N–H and O–H groups in total. The average Bonchev–Trinajstić information content (AvgIpc) is 2.39. The molecule has 0 spiro atoms. The molecule has 0 heterocycles. The van der Waals surface area contributed by atoms with Gasteiger partial charge < -0.3 is 0 Å².